The lowest BCUT2D eigenvalue weighted by Gasteiger charge is -2.16. The van der Waals surface area contributed by atoms with Crippen molar-refractivity contribution in [2.75, 3.05) is 5.32 Å². The molecule has 1 aromatic rings. The van der Waals surface area contributed by atoms with Gasteiger partial charge in [-0.2, -0.15) is 0 Å². The standard InChI is InChI=1S/C12H16Cl2N2O2/c1-7(5-8(2)17)15-12(18)16-9-3-4-10(13)11(14)6-9/h3-4,6-8,17H,5H2,1-2H3,(H2,15,16,18). The van der Waals surface area contributed by atoms with Gasteiger partial charge in [-0.15, -0.1) is 0 Å². The van der Waals surface area contributed by atoms with Crippen LogP contribution in [0.1, 0.15) is 20.3 Å². The van der Waals surface area contributed by atoms with Crippen molar-refractivity contribution in [3.05, 3.63) is 28.2 Å². The summed E-state index contributed by atoms with van der Waals surface area (Å²) in [7, 11) is 0. The molecule has 1 aromatic carbocycles. The van der Waals surface area contributed by atoms with Gasteiger partial charge in [0, 0.05) is 11.7 Å². The number of aliphatic hydroxyl groups excluding tert-OH is 1. The summed E-state index contributed by atoms with van der Waals surface area (Å²) >= 11 is 11.6. The highest BCUT2D eigenvalue weighted by Gasteiger charge is 2.10. The number of hydrogen-bond donors (Lipinski definition) is 3. The summed E-state index contributed by atoms with van der Waals surface area (Å²) in [4.78, 5) is 11.6. The Kier molecular flexibility index (Phi) is 5.72. The summed E-state index contributed by atoms with van der Waals surface area (Å²) in [6.45, 7) is 3.50. The maximum absolute atomic E-state index is 11.6. The van der Waals surface area contributed by atoms with Crippen LogP contribution in [0.3, 0.4) is 0 Å². The van der Waals surface area contributed by atoms with E-state index in [1.807, 2.05) is 6.92 Å². The molecule has 0 aliphatic carbocycles. The van der Waals surface area contributed by atoms with E-state index in [1.54, 1.807) is 25.1 Å². The van der Waals surface area contributed by atoms with Crippen molar-refractivity contribution in [3.8, 4) is 0 Å². The van der Waals surface area contributed by atoms with E-state index in [1.165, 1.54) is 0 Å². The molecule has 0 fully saturated rings. The summed E-state index contributed by atoms with van der Waals surface area (Å²) < 4.78 is 0. The minimum absolute atomic E-state index is 0.118. The molecule has 0 aliphatic rings. The predicted molar refractivity (Wildman–Crippen MR) is 74.4 cm³/mol. The Balaban J connectivity index is 2.51. The van der Waals surface area contributed by atoms with E-state index in [-0.39, 0.29) is 12.1 Å². The average Bonchev–Trinajstić information content (AvgIpc) is 2.21. The quantitative estimate of drug-likeness (QED) is 0.797. The van der Waals surface area contributed by atoms with Crippen LogP contribution in [0.2, 0.25) is 10.0 Å². The van der Waals surface area contributed by atoms with E-state index in [4.69, 9.17) is 23.2 Å². The number of amides is 2. The molecule has 100 valence electrons. The van der Waals surface area contributed by atoms with Crippen LogP contribution in [0.25, 0.3) is 0 Å². The number of aliphatic hydroxyl groups is 1. The van der Waals surface area contributed by atoms with Gasteiger partial charge in [-0.3, -0.25) is 0 Å². The monoisotopic (exact) mass is 290 g/mol. The van der Waals surface area contributed by atoms with Gasteiger partial charge in [0.25, 0.3) is 0 Å². The van der Waals surface area contributed by atoms with Crippen LogP contribution in [0, 0.1) is 0 Å². The van der Waals surface area contributed by atoms with Gasteiger partial charge in [0.15, 0.2) is 0 Å². The highest BCUT2D eigenvalue weighted by Crippen LogP contribution is 2.24. The third kappa shape index (κ3) is 5.12. The van der Waals surface area contributed by atoms with Crippen molar-refractivity contribution in [3.63, 3.8) is 0 Å². The molecule has 0 radical (unpaired) electrons. The van der Waals surface area contributed by atoms with Crippen molar-refractivity contribution >= 4 is 34.9 Å². The average molecular weight is 291 g/mol. The van der Waals surface area contributed by atoms with Crippen molar-refractivity contribution < 1.29 is 9.90 Å². The number of nitrogens with one attached hydrogen (secondary N) is 2. The third-order valence-electron chi connectivity index (χ3n) is 2.25. The lowest BCUT2D eigenvalue weighted by molar-refractivity contribution is 0.171. The van der Waals surface area contributed by atoms with E-state index in [9.17, 15) is 9.90 Å². The Morgan fingerprint density at radius 3 is 2.56 bits per heavy atom. The SMILES string of the molecule is CC(O)CC(C)NC(=O)Nc1ccc(Cl)c(Cl)c1. The molecule has 6 heteroatoms. The summed E-state index contributed by atoms with van der Waals surface area (Å²) in [5, 5.41) is 15.4. The molecule has 1 rings (SSSR count). The number of urea groups is 1. The molecule has 0 spiro atoms. The predicted octanol–water partition coefficient (Wildman–Crippen LogP) is 3.27. The number of carbonyl (C=O) groups is 1. The second-order valence-electron chi connectivity index (χ2n) is 4.21. The van der Waals surface area contributed by atoms with Crippen LogP contribution in [-0.2, 0) is 0 Å². The molecule has 2 unspecified atom stereocenters. The number of carbonyl (C=O) groups excluding carboxylic acids is 1. The molecule has 2 amide bonds. The van der Waals surface area contributed by atoms with Gasteiger partial charge in [0.2, 0.25) is 0 Å². The van der Waals surface area contributed by atoms with Gasteiger partial charge in [0.1, 0.15) is 0 Å². The summed E-state index contributed by atoms with van der Waals surface area (Å²) in [5.41, 5.74) is 0.561. The van der Waals surface area contributed by atoms with Crippen LogP contribution in [0.5, 0.6) is 0 Å². The van der Waals surface area contributed by atoms with Gasteiger partial charge >= 0.3 is 6.03 Å². The van der Waals surface area contributed by atoms with Crippen LogP contribution in [0.4, 0.5) is 10.5 Å². The van der Waals surface area contributed by atoms with Crippen molar-refractivity contribution in [2.45, 2.75) is 32.4 Å². The highest BCUT2D eigenvalue weighted by atomic mass is 35.5. The number of anilines is 1. The Labute approximate surface area is 116 Å². The molecule has 3 N–H and O–H groups in total. The zero-order valence-electron chi connectivity index (χ0n) is 10.2. The molecule has 0 saturated heterocycles. The zero-order chi connectivity index (χ0) is 13.7. The highest BCUT2D eigenvalue weighted by molar-refractivity contribution is 6.42. The Morgan fingerprint density at radius 2 is 2.00 bits per heavy atom. The van der Waals surface area contributed by atoms with Gasteiger partial charge in [0.05, 0.1) is 16.1 Å². The van der Waals surface area contributed by atoms with Gasteiger partial charge < -0.3 is 15.7 Å². The molecule has 0 saturated carbocycles. The smallest absolute Gasteiger partial charge is 0.319 e. The maximum atomic E-state index is 11.6. The first-order valence-electron chi connectivity index (χ1n) is 5.59. The van der Waals surface area contributed by atoms with E-state index in [2.05, 4.69) is 10.6 Å². The fraction of sp³-hybridized carbons (Fsp3) is 0.417. The topological polar surface area (TPSA) is 61.4 Å². The lowest BCUT2D eigenvalue weighted by atomic mass is 10.2. The molecule has 18 heavy (non-hydrogen) atoms. The minimum Gasteiger partial charge on any atom is -0.393 e. The maximum Gasteiger partial charge on any atom is 0.319 e. The Morgan fingerprint density at radius 1 is 1.33 bits per heavy atom. The zero-order valence-corrected chi connectivity index (χ0v) is 11.7. The normalized spacial score (nSPS) is 13.8. The van der Waals surface area contributed by atoms with E-state index < -0.39 is 6.10 Å². The summed E-state index contributed by atoms with van der Waals surface area (Å²) in [6, 6.07) is 4.38. The van der Waals surface area contributed by atoms with Crippen molar-refractivity contribution in [1.29, 1.82) is 0 Å². The Hall–Kier alpha value is -0.970. The summed E-state index contributed by atoms with van der Waals surface area (Å²) in [5.74, 6) is 0. The van der Waals surface area contributed by atoms with Crippen LogP contribution in [0.15, 0.2) is 18.2 Å². The molecule has 4 nitrogen and oxygen atoms in total. The molecule has 0 aromatic heterocycles. The molecule has 0 bridgehead atoms. The number of halogens is 2. The number of hydrogen-bond acceptors (Lipinski definition) is 2. The van der Waals surface area contributed by atoms with Crippen LogP contribution < -0.4 is 10.6 Å². The second-order valence-corrected chi connectivity index (χ2v) is 5.03. The van der Waals surface area contributed by atoms with E-state index in [0.717, 1.165) is 0 Å². The second kappa shape index (κ2) is 6.83. The number of benzene rings is 1. The third-order valence-corrected chi connectivity index (χ3v) is 2.99. The fourth-order valence-corrected chi connectivity index (χ4v) is 1.83. The molecule has 0 aliphatic heterocycles. The van der Waals surface area contributed by atoms with Gasteiger partial charge in [-0.1, -0.05) is 23.2 Å². The van der Waals surface area contributed by atoms with Crippen LogP contribution >= 0.6 is 23.2 Å². The van der Waals surface area contributed by atoms with Crippen molar-refractivity contribution in [1.82, 2.24) is 5.32 Å². The first-order valence-corrected chi connectivity index (χ1v) is 6.34. The van der Waals surface area contributed by atoms with Crippen molar-refractivity contribution in [2.24, 2.45) is 0 Å². The summed E-state index contributed by atoms with van der Waals surface area (Å²) in [6.07, 6.45) is 0.0414. The minimum atomic E-state index is -0.453. The lowest BCUT2D eigenvalue weighted by Crippen LogP contribution is -2.37. The first kappa shape index (κ1) is 15.1. The Bertz CT molecular complexity index is 425. The largest absolute Gasteiger partial charge is 0.393 e. The first-order chi connectivity index (χ1) is 8.38. The molecular formula is C12H16Cl2N2O2. The van der Waals surface area contributed by atoms with Crippen LogP contribution in [-0.4, -0.2) is 23.3 Å². The molecular weight excluding hydrogens is 275 g/mol. The van der Waals surface area contributed by atoms with E-state index >= 15 is 0 Å². The van der Waals surface area contributed by atoms with Gasteiger partial charge in [-0.25, -0.2) is 4.79 Å². The van der Waals surface area contributed by atoms with E-state index in [0.29, 0.717) is 22.2 Å². The molecule has 0 heterocycles. The fourth-order valence-electron chi connectivity index (χ4n) is 1.54. The number of rotatable bonds is 4. The van der Waals surface area contributed by atoms with Gasteiger partial charge in [-0.05, 0) is 38.5 Å². The molecule has 2 atom stereocenters.